The molecular weight excluding hydrogens is 467 g/mol. The highest BCUT2D eigenvalue weighted by atomic mass is 35.5. The first-order valence-electron chi connectivity index (χ1n) is 11.9. The molecule has 3 rings (SSSR count). The van der Waals surface area contributed by atoms with E-state index in [2.05, 4.69) is 0 Å². The van der Waals surface area contributed by atoms with E-state index in [1.807, 2.05) is 53.7 Å². The number of halogens is 2. The topological polar surface area (TPSA) is 65.2 Å². The van der Waals surface area contributed by atoms with Crippen molar-refractivity contribution in [1.82, 2.24) is 0 Å². The van der Waals surface area contributed by atoms with Crippen LogP contribution in [0.2, 0.25) is 10.0 Å². The average molecular weight is 504 g/mol. The third kappa shape index (κ3) is 6.34. The summed E-state index contributed by atoms with van der Waals surface area (Å²) in [6, 6.07) is 7.09. The van der Waals surface area contributed by atoms with Crippen molar-refractivity contribution in [2.45, 2.75) is 90.1 Å². The summed E-state index contributed by atoms with van der Waals surface area (Å²) in [6.45, 7) is 12.3. The Balaban J connectivity index is 1.88. The van der Waals surface area contributed by atoms with E-state index >= 15 is 0 Å². The molecule has 2 aromatic carbocycles. The van der Waals surface area contributed by atoms with E-state index in [1.54, 1.807) is 24.6 Å². The molecule has 0 spiro atoms. The minimum atomic E-state index is -0.236. The highest BCUT2D eigenvalue weighted by molar-refractivity contribution is 6.31. The molecule has 1 aliphatic carbocycles. The summed E-state index contributed by atoms with van der Waals surface area (Å²) < 4.78 is 0. The van der Waals surface area contributed by atoms with Crippen molar-refractivity contribution in [1.29, 1.82) is 0 Å². The predicted molar refractivity (Wildman–Crippen MR) is 145 cm³/mol. The lowest BCUT2D eigenvalue weighted by Crippen LogP contribution is -2.27. The molecule has 0 aliphatic heterocycles. The number of phenols is 2. The molecule has 0 heterocycles. The van der Waals surface area contributed by atoms with E-state index in [0.29, 0.717) is 21.2 Å². The van der Waals surface area contributed by atoms with Gasteiger partial charge in [-0.3, -0.25) is 9.98 Å². The summed E-state index contributed by atoms with van der Waals surface area (Å²) in [7, 11) is 0. The first-order valence-corrected chi connectivity index (χ1v) is 12.7. The second kappa shape index (κ2) is 10.3. The van der Waals surface area contributed by atoms with Gasteiger partial charge < -0.3 is 10.2 Å². The van der Waals surface area contributed by atoms with Crippen LogP contribution in [0.4, 0.5) is 0 Å². The molecule has 0 bridgehead atoms. The number of aromatic hydroxyl groups is 2. The monoisotopic (exact) mass is 502 g/mol. The fraction of sp³-hybridized carbons (Fsp3) is 0.500. The molecule has 0 aromatic heterocycles. The lowest BCUT2D eigenvalue weighted by molar-refractivity contribution is 0.390. The maximum atomic E-state index is 10.8. The number of aliphatic imine (C=N–C) groups is 2. The van der Waals surface area contributed by atoms with Crippen molar-refractivity contribution >= 4 is 35.6 Å². The van der Waals surface area contributed by atoms with Gasteiger partial charge in [-0.2, -0.15) is 0 Å². The van der Waals surface area contributed by atoms with Gasteiger partial charge in [0.05, 0.1) is 12.1 Å². The third-order valence-corrected chi connectivity index (χ3v) is 6.76. The maximum Gasteiger partial charge on any atom is 0.128 e. The molecule has 184 valence electrons. The van der Waals surface area contributed by atoms with Gasteiger partial charge in [-0.15, -0.1) is 0 Å². The van der Waals surface area contributed by atoms with Crippen molar-refractivity contribution in [3.05, 3.63) is 56.6 Å². The van der Waals surface area contributed by atoms with Crippen LogP contribution in [0.1, 0.15) is 89.5 Å². The SMILES string of the molecule is CC(C)(C)c1cc(Cl)cc(/C=N/[C@@H]2CCCC[C@H]2/N=C/c2cc(Cl)cc(C(C)(C)C)c2O)c1O. The summed E-state index contributed by atoms with van der Waals surface area (Å²) >= 11 is 12.7. The Morgan fingerprint density at radius 1 is 0.706 bits per heavy atom. The number of hydrogen-bond acceptors (Lipinski definition) is 4. The van der Waals surface area contributed by atoms with Crippen LogP contribution in [0.15, 0.2) is 34.3 Å². The molecule has 6 heteroatoms. The van der Waals surface area contributed by atoms with Crippen LogP contribution in [0.5, 0.6) is 11.5 Å². The lowest BCUT2D eigenvalue weighted by atomic mass is 9.85. The van der Waals surface area contributed by atoms with Gasteiger partial charge in [0.25, 0.3) is 0 Å². The van der Waals surface area contributed by atoms with Crippen molar-refractivity contribution in [2.24, 2.45) is 9.98 Å². The summed E-state index contributed by atoms with van der Waals surface area (Å²) in [6.07, 6.45) is 7.45. The van der Waals surface area contributed by atoms with E-state index in [9.17, 15) is 10.2 Å². The second-order valence-electron chi connectivity index (χ2n) is 11.3. The number of phenolic OH excluding ortho intramolecular Hbond substituents is 2. The highest BCUT2D eigenvalue weighted by Crippen LogP contribution is 2.37. The van der Waals surface area contributed by atoms with Crippen LogP contribution < -0.4 is 0 Å². The van der Waals surface area contributed by atoms with Crippen molar-refractivity contribution in [3.8, 4) is 11.5 Å². The second-order valence-corrected chi connectivity index (χ2v) is 12.1. The molecule has 2 atom stereocenters. The molecule has 0 radical (unpaired) electrons. The molecule has 34 heavy (non-hydrogen) atoms. The number of benzene rings is 2. The van der Waals surface area contributed by atoms with Gasteiger partial charge in [-0.1, -0.05) is 77.6 Å². The molecule has 4 nitrogen and oxygen atoms in total. The molecule has 0 saturated heterocycles. The summed E-state index contributed by atoms with van der Waals surface area (Å²) in [5.74, 6) is 0.435. The molecule has 2 N–H and O–H groups in total. The molecule has 1 aliphatic rings. The van der Waals surface area contributed by atoms with Crippen LogP contribution in [-0.2, 0) is 10.8 Å². The Hall–Kier alpha value is -2.04. The fourth-order valence-corrected chi connectivity index (χ4v) is 4.83. The molecule has 1 fully saturated rings. The van der Waals surface area contributed by atoms with Crippen LogP contribution in [-0.4, -0.2) is 34.7 Å². The van der Waals surface area contributed by atoms with Crippen LogP contribution in [0.25, 0.3) is 0 Å². The van der Waals surface area contributed by atoms with Gasteiger partial charge in [-0.05, 0) is 47.9 Å². The van der Waals surface area contributed by atoms with Gasteiger partial charge in [0.2, 0.25) is 0 Å². The Labute approximate surface area is 213 Å². The molecular formula is C28H36Cl2N2O2. The van der Waals surface area contributed by atoms with Crippen LogP contribution >= 0.6 is 23.2 Å². The third-order valence-electron chi connectivity index (χ3n) is 6.33. The van der Waals surface area contributed by atoms with E-state index < -0.39 is 0 Å². The smallest absolute Gasteiger partial charge is 0.128 e. The Morgan fingerprint density at radius 3 is 1.38 bits per heavy atom. The standard InChI is InChI=1S/C28H36Cl2N2O2/c1-27(2,3)21-13-19(29)11-17(25(21)33)15-31-23-9-7-8-10-24(23)32-16-18-12-20(30)14-22(26(18)34)28(4,5)6/h11-16,23-24,33-34H,7-10H2,1-6H3/b31-15+,32-16+/t23-,24-/m1/s1. The van der Waals surface area contributed by atoms with E-state index in [-0.39, 0.29) is 34.4 Å². The normalized spacial score (nSPS) is 19.9. The minimum absolute atomic E-state index is 0.00937. The Morgan fingerprint density at radius 2 is 1.06 bits per heavy atom. The van der Waals surface area contributed by atoms with E-state index in [0.717, 1.165) is 36.8 Å². The van der Waals surface area contributed by atoms with E-state index in [1.165, 1.54) is 0 Å². The first-order chi connectivity index (χ1) is 15.8. The molecule has 2 aromatic rings. The van der Waals surface area contributed by atoms with Crippen molar-refractivity contribution in [3.63, 3.8) is 0 Å². The highest BCUT2D eigenvalue weighted by Gasteiger charge is 2.25. The van der Waals surface area contributed by atoms with Gasteiger partial charge in [-0.25, -0.2) is 0 Å². The average Bonchev–Trinajstić information content (AvgIpc) is 2.73. The van der Waals surface area contributed by atoms with Gasteiger partial charge in [0.15, 0.2) is 0 Å². The predicted octanol–water partition coefficient (Wildman–Crippen LogP) is 7.85. The zero-order valence-corrected chi connectivity index (χ0v) is 22.5. The van der Waals surface area contributed by atoms with Crippen LogP contribution in [0.3, 0.4) is 0 Å². The zero-order chi connectivity index (χ0) is 25.3. The van der Waals surface area contributed by atoms with Gasteiger partial charge in [0.1, 0.15) is 11.5 Å². The van der Waals surface area contributed by atoms with Crippen LogP contribution in [0, 0.1) is 0 Å². The number of hydrogen-bond donors (Lipinski definition) is 2. The fourth-order valence-electron chi connectivity index (χ4n) is 4.37. The maximum absolute atomic E-state index is 10.8. The Bertz CT molecular complexity index is 1010. The largest absolute Gasteiger partial charge is 0.507 e. The number of nitrogens with zero attached hydrogens (tertiary/aromatic N) is 2. The molecule has 1 saturated carbocycles. The Kier molecular flexibility index (Phi) is 8.04. The summed E-state index contributed by atoms with van der Waals surface area (Å²) in [5, 5.41) is 22.8. The zero-order valence-electron chi connectivity index (χ0n) is 21.0. The molecule has 0 unspecified atom stereocenters. The lowest BCUT2D eigenvalue weighted by Gasteiger charge is -2.26. The van der Waals surface area contributed by atoms with Crippen molar-refractivity contribution < 1.29 is 10.2 Å². The van der Waals surface area contributed by atoms with Gasteiger partial charge in [0, 0.05) is 44.7 Å². The minimum Gasteiger partial charge on any atom is -0.507 e. The van der Waals surface area contributed by atoms with Crippen molar-refractivity contribution in [2.75, 3.05) is 0 Å². The quantitative estimate of drug-likeness (QED) is 0.417. The molecule has 0 amide bonds. The summed E-state index contributed by atoms with van der Waals surface area (Å²) in [4.78, 5) is 9.65. The van der Waals surface area contributed by atoms with E-state index in [4.69, 9.17) is 33.2 Å². The van der Waals surface area contributed by atoms with Gasteiger partial charge >= 0.3 is 0 Å². The summed E-state index contributed by atoms with van der Waals surface area (Å²) in [5.41, 5.74) is 2.36. The first kappa shape index (κ1) is 26.6. The number of rotatable bonds is 4.